The fraction of sp³-hybridized carbons (Fsp3) is 0.375. The van der Waals surface area contributed by atoms with Gasteiger partial charge in [0.05, 0.1) is 6.42 Å². The van der Waals surface area contributed by atoms with Crippen molar-refractivity contribution in [3.63, 3.8) is 0 Å². The van der Waals surface area contributed by atoms with Crippen LogP contribution in [-0.4, -0.2) is 35.7 Å². The maximum Gasteiger partial charge on any atom is 0.248 e. The maximum atomic E-state index is 12.1. The lowest BCUT2D eigenvalue weighted by atomic mass is 10.1. The molecule has 1 heterocycles. The first kappa shape index (κ1) is 15.6. The summed E-state index contributed by atoms with van der Waals surface area (Å²) in [5.74, 6) is -0.0772. The fourth-order valence-electron chi connectivity index (χ4n) is 2.42. The van der Waals surface area contributed by atoms with Crippen molar-refractivity contribution in [2.75, 3.05) is 12.8 Å². The molecule has 0 spiro atoms. The van der Waals surface area contributed by atoms with Crippen LogP contribution in [0.2, 0.25) is 0 Å². The van der Waals surface area contributed by atoms with Crippen molar-refractivity contribution in [3.8, 4) is 0 Å². The third-order valence-corrected chi connectivity index (χ3v) is 3.83. The molecule has 1 unspecified atom stereocenters. The lowest BCUT2D eigenvalue weighted by Gasteiger charge is -2.24. The van der Waals surface area contributed by atoms with Crippen LogP contribution in [0, 0.1) is 0 Å². The lowest BCUT2D eigenvalue weighted by molar-refractivity contribution is -0.129. The fourth-order valence-corrected chi connectivity index (χ4v) is 2.67. The molecular formula is C16H20N2O2S. The van der Waals surface area contributed by atoms with Gasteiger partial charge in [0, 0.05) is 12.6 Å². The van der Waals surface area contributed by atoms with E-state index in [1.807, 2.05) is 36.6 Å². The molecule has 0 radical (unpaired) electrons. The summed E-state index contributed by atoms with van der Waals surface area (Å²) in [6, 6.07) is 9.62. The van der Waals surface area contributed by atoms with Crippen molar-refractivity contribution >= 4 is 23.6 Å². The normalized spacial score (nSPS) is 18.1. The Kier molecular flexibility index (Phi) is 5.87. The number of carbonyl (C=O) groups is 2. The summed E-state index contributed by atoms with van der Waals surface area (Å²) in [6.07, 6.45) is 5.38. The van der Waals surface area contributed by atoms with Gasteiger partial charge in [-0.15, -0.1) is 11.8 Å². The summed E-state index contributed by atoms with van der Waals surface area (Å²) in [7, 11) is 0. The molecule has 4 nitrogen and oxygen atoms in total. The Hall–Kier alpha value is -1.75. The second-order valence-corrected chi connectivity index (χ2v) is 5.70. The van der Waals surface area contributed by atoms with Crippen molar-refractivity contribution in [3.05, 3.63) is 47.4 Å². The van der Waals surface area contributed by atoms with Crippen LogP contribution in [0.1, 0.15) is 18.4 Å². The number of benzene rings is 1. The molecule has 0 aliphatic carbocycles. The van der Waals surface area contributed by atoms with E-state index in [0.29, 0.717) is 13.0 Å². The van der Waals surface area contributed by atoms with Gasteiger partial charge in [0.15, 0.2) is 0 Å². The molecule has 1 aliphatic heterocycles. The Balaban J connectivity index is 1.90. The van der Waals surface area contributed by atoms with Crippen LogP contribution in [0.25, 0.3) is 0 Å². The van der Waals surface area contributed by atoms with E-state index < -0.39 is 0 Å². The summed E-state index contributed by atoms with van der Waals surface area (Å²) >= 11 is 1.49. The molecule has 1 aromatic rings. The van der Waals surface area contributed by atoms with E-state index in [2.05, 4.69) is 5.32 Å². The quantitative estimate of drug-likeness (QED) is 0.848. The lowest BCUT2D eigenvalue weighted by Crippen LogP contribution is -2.47. The number of nitrogens with one attached hydrogen (secondary N) is 1. The second-order valence-electron chi connectivity index (χ2n) is 4.96. The van der Waals surface area contributed by atoms with Gasteiger partial charge in [-0.1, -0.05) is 30.3 Å². The Morgan fingerprint density at radius 1 is 1.38 bits per heavy atom. The molecule has 1 N–H and O–H groups in total. The Morgan fingerprint density at radius 2 is 2.14 bits per heavy atom. The van der Waals surface area contributed by atoms with Crippen LogP contribution in [-0.2, 0) is 16.0 Å². The first-order chi connectivity index (χ1) is 10.2. The predicted molar refractivity (Wildman–Crippen MR) is 85.7 cm³/mol. The highest BCUT2D eigenvalue weighted by molar-refractivity contribution is 8.01. The summed E-state index contributed by atoms with van der Waals surface area (Å²) in [5.41, 5.74) is 0.980. The van der Waals surface area contributed by atoms with E-state index in [-0.39, 0.29) is 18.0 Å². The minimum absolute atomic E-state index is 0.0353. The topological polar surface area (TPSA) is 49.4 Å². The van der Waals surface area contributed by atoms with Gasteiger partial charge in [-0.25, -0.2) is 0 Å². The van der Waals surface area contributed by atoms with Crippen LogP contribution in [0.5, 0.6) is 0 Å². The van der Waals surface area contributed by atoms with E-state index in [0.717, 1.165) is 18.4 Å². The molecule has 0 saturated carbocycles. The highest BCUT2D eigenvalue weighted by Gasteiger charge is 2.28. The zero-order chi connectivity index (χ0) is 15.1. The van der Waals surface area contributed by atoms with Gasteiger partial charge in [-0.05, 0) is 30.1 Å². The van der Waals surface area contributed by atoms with Crippen LogP contribution >= 0.6 is 11.8 Å². The molecule has 0 bridgehead atoms. The summed E-state index contributed by atoms with van der Waals surface area (Å²) in [5, 5.41) is 4.73. The van der Waals surface area contributed by atoms with E-state index >= 15 is 0 Å². The minimum atomic E-state index is -0.180. The smallest absolute Gasteiger partial charge is 0.248 e. The molecule has 1 saturated heterocycles. The Labute approximate surface area is 129 Å². The van der Waals surface area contributed by atoms with Gasteiger partial charge in [-0.2, -0.15) is 0 Å². The van der Waals surface area contributed by atoms with Crippen molar-refractivity contribution < 1.29 is 9.59 Å². The number of amides is 2. The number of hydrogen-bond donors (Lipinski definition) is 1. The highest BCUT2D eigenvalue weighted by Crippen LogP contribution is 2.16. The number of rotatable bonds is 5. The van der Waals surface area contributed by atoms with Gasteiger partial charge in [0.25, 0.3) is 0 Å². The molecule has 2 amide bonds. The molecule has 1 aliphatic rings. The summed E-state index contributed by atoms with van der Waals surface area (Å²) in [4.78, 5) is 25.8. The van der Waals surface area contributed by atoms with Gasteiger partial charge in [0.1, 0.15) is 6.17 Å². The predicted octanol–water partition coefficient (Wildman–Crippen LogP) is 2.17. The van der Waals surface area contributed by atoms with Gasteiger partial charge >= 0.3 is 0 Å². The molecule has 1 fully saturated rings. The number of nitrogens with zero attached hydrogens (tertiary/aromatic N) is 1. The van der Waals surface area contributed by atoms with Crippen LogP contribution < -0.4 is 5.32 Å². The van der Waals surface area contributed by atoms with E-state index in [1.165, 1.54) is 11.8 Å². The van der Waals surface area contributed by atoms with Crippen molar-refractivity contribution in [2.45, 2.75) is 25.4 Å². The van der Waals surface area contributed by atoms with Crippen molar-refractivity contribution in [2.24, 2.45) is 0 Å². The zero-order valence-electron chi connectivity index (χ0n) is 12.1. The molecule has 0 aromatic heterocycles. The summed E-state index contributed by atoms with van der Waals surface area (Å²) < 4.78 is 0. The molecular weight excluding hydrogens is 284 g/mol. The van der Waals surface area contributed by atoms with Gasteiger partial charge in [0.2, 0.25) is 11.8 Å². The molecule has 1 atom stereocenters. The Morgan fingerprint density at radius 3 is 2.86 bits per heavy atom. The van der Waals surface area contributed by atoms with E-state index in [1.54, 1.807) is 16.4 Å². The largest absolute Gasteiger partial charge is 0.336 e. The van der Waals surface area contributed by atoms with Gasteiger partial charge < -0.3 is 10.2 Å². The Bertz CT molecular complexity index is 516. The molecule has 5 heteroatoms. The first-order valence-corrected chi connectivity index (χ1v) is 8.32. The highest BCUT2D eigenvalue weighted by atomic mass is 32.2. The molecule has 112 valence electrons. The standard InChI is InChI=1S/C16H20N2O2S/c1-21-11-9-16(20)18-10-5-8-14(18)17-15(19)12-13-6-3-2-4-7-13/h2-4,6-7,9,11,14H,5,8,10,12H2,1H3,(H,17,19)/b11-9+. The number of thioether (sulfide) groups is 1. The van der Waals surface area contributed by atoms with Crippen LogP contribution in [0.15, 0.2) is 41.8 Å². The SMILES string of the molecule is CS/C=C/C(=O)N1CCCC1NC(=O)Cc1ccccc1. The average molecular weight is 304 g/mol. The number of likely N-dealkylation sites (tertiary alicyclic amines) is 1. The zero-order valence-corrected chi connectivity index (χ0v) is 12.9. The minimum Gasteiger partial charge on any atom is -0.336 e. The second kappa shape index (κ2) is 7.88. The van der Waals surface area contributed by atoms with Crippen LogP contribution in [0.4, 0.5) is 0 Å². The molecule has 1 aromatic carbocycles. The van der Waals surface area contributed by atoms with Crippen molar-refractivity contribution in [1.82, 2.24) is 10.2 Å². The first-order valence-electron chi connectivity index (χ1n) is 7.04. The molecule has 2 rings (SSSR count). The summed E-state index contributed by atoms with van der Waals surface area (Å²) in [6.45, 7) is 0.702. The maximum absolute atomic E-state index is 12.1. The number of carbonyl (C=O) groups excluding carboxylic acids is 2. The monoisotopic (exact) mass is 304 g/mol. The van der Waals surface area contributed by atoms with Gasteiger partial charge in [-0.3, -0.25) is 9.59 Å². The van der Waals surface area contributed by atoms with E-state index in [4.69, 9.17) is 0 Å². The molecule has 21 heavy (non-hydrogen) atoms. The average Bonchev–Trinajstić information content (AvgIpc) is 2.93. The van der Waals surface area contributed by atoms with Crippen LogP contribution in [0.3, 0.4) is 0 Å². The van der Waals surface area contributed by atoms with E-state index in [9.17, 15) is 9.59 Å². The number of hydrogen-bond acceptors (Lipinski definition) is 3. The third kappa shape index (κ3) is 4.63. The third-order valence-electron chi connectivity index (χ3n) is 3.42. The van der Waals surface area contributed by atoms with Crippen molar-refractivity contribution in [1.29, 1.82) is 0 Å².